The predicted octanol–water partition coefficient (Wildman–Crippen LogP) is 2.08. The molecule has 1 saturated heterocycles. The Labute approximate surface area is 110 Å². The summed E-state index contributed by atoms with van der Waals surface area (Å²) >= 11 is 0. The lowest BCUT2D eigenvalue weighted by molar-refractivity contribution is -0.152. The molecular weight excluding hydrogens is 228 g/mol. The smallest absolute Gasteiger partial charge is 0.246 e. The van der Waals surface area contributed by atoms with Gasteiger partial charge in [0.1, 0.15) is 12.1 Å². The third-order valence-corrected chi connectivity index (χ3v) is 3.71. The van der Waals surface area contributed by atoms with Gasteiger partial charge in [-0.3, -0.25) is 9.59 Å². The monoisotopic (exact) mass is 254 g/mol. The topological polar surface area (TPSA) is 49.4 Å². The number of hydrogen-bond donors (Lipinski definition) is 1. The zero-order chi connectivity index (χ0) is 13.7. The molecule has 18 heavy (non-hydrogen) atoms. The molecule has 0 radical (unpaired) electrons. The van der Waals surface area contributed by atoms with Crippen molar-refractivity contribution in [1.82, 2.24) is 10.2 Å². The maximum Gasteiger partial charge on any atom is 0.246 e. The van der Waals surface area contributed by atoms with Crippen LogP contribution in [0.15, 0.2) is 0 Å². The summed E-state index contributed by atoms with van der Waals surface area (Å²) in [5, 5.41) is 2.88. The van der Waals surface area contributed by atoms with Crippen molar-refractivity contribution in [2.45, 2.75) is 77.9 Å². The van der Waals surface area contributed by atoms with Gasteiger partial charge in [0.15, 0.2) is 0 Å². The van der Waals surface area contributed by atoms with Crippen molar-refractivity contribution in [3.63, 3.8) is 0 Å². The summed E-state index contributed by atoms with van der Waals surface area (Å²) in [7, 11) is 0. The van der Waals surface area contributed by atoms with Crippen molar-refractivity contribution in [1.29, 1.82) is 0 Å². The van der Waals surface area contributed by atoms with Crippen LogP contribution in [-0.4, -0.2) is 34.8 Å². The Morgan fingerprint density at radius 3 is 2.28 bits per heavy atom. The quantitative estimate of drug-likeness (QED) is 0.789. The van der Waals surface area contributed by atoms with Crippen LogP contribution >= 0.6 is 0 Å². The predicted molar refractivity (Wildman–Crippen MR) is 72.1 cm³/mol. The van der Waals surface area contributed by atoms with Gasteiger partial charge < -0.3 is 10.2 Å². The van der Waals surface area contributed by atoms with Gasteiger partial charge in [0.25, 0.3) is 0 Å². The van der Waals surface area contributed by atoms with Gasteiger partial charge in [0.05, 0.1) is 0 Å². The van der Waals surface area contributed by atoms with Crippen LogP contribution in [0.5, 0.6) is 0 Å². The molecule has 1 fully saturated rings. The molecule has 0 aromatic rings. The molecule has 4 heteroatoms. The van der Waals surface area contributed by atoms with Crippen LogP contribution in [0.25, 0.3) is 0 Å². The van der Waals surface area contributed by atoms with Crippen LogP contribution in [0.1, 0.15) is 59.8 Å². The molecule has 3 unspecified atom stereocenters. The van der Waals surface area contributed by atoms with Crippen LogP contribution < -0.4 is 5.32 Å². The molecule has 1 aliphatic heterocycles. The minimum atomic E-state index is -0.315. The molecule has 0 spiro atoms. The van der Waals surface area contributed by atoms with Crippen LogP contribution in [0, 0.1) is 0 Å². The molecule has 1 heterocycles. The molecule has 1 N–H and O–H groups in total. The number of amides is 2. The number of carbonyl (C=O) groups excluding carboxylic acids is 2. The summed E-state index contributed by atoms with van der Waals surface area (Å²) in [6.45, 7) is 8.17. The van der Waals surface area contributed by atoms with Crippen molar-refractivity contribution in [2.24, 2.45) is 0 Å². The summed E-state index contributed by atoms with van der Waals surface area (Å²) in [6.07, 6.45) is 4.19. The highest BCUT2D eigenvalue weighted by Crippen LogP contribution is 2.21. The van der Waals surface area contributed by atoms with Crippen molar-refractivity contribution in [2.75, 3.05) is 0 Å². The number of nitrogens with one attached hydrogen (secondary N) is 1. The molecule has 4 nitrogen and oxygen atoms in total. The summed E-state index contributed by atoms with van der Waals surface area (Å²) in [4.78, 5) is 26.4. The van der Waals surface area contributed by atoms with Crippen LogP contribution in [-0.2, 0) is 9.59 Å². The largest absolute Gasteiger partial charge is 0.343 e. The van der Waals surface area contributed by atoms with E-state index in [1.807, 2.05) is 25.7 Å². The fourth-order valence-electron chi connectivity index (χ4n) is 2.54. The summed E-state index contributed by atoms with van der Waals surface area (Å²) in [5.74, 6) is 0.124. The molecule has 0 aliphatic carbocycles. The van der Waals surface area contributed by atoms with E-state index in [9.17, 15) is 9.59 Å². The van der Waals surface area contributed by atoms with Crippen molar-refractivity contribution < 1.29 is 9.59 Å². The highest BCUT2D eigenvalue weighted by atomic mass is 16.2. The second kappa shape index (κ2) is 6.76. The van der Waals surface area contributed by atoms with E-state index < -0.39 is 0 Å². The van der Waals surface area contributed by atoms with Gasteiger partial charge in [0, 0.05) is 6.04 Å². The maximum atomic E-state index is 12.5. The normalized spacial score (nSPS) is 26.1. The first-order valence-electron chi connectivity index (χ1n) is 7.19. The first-order chi connectivity index (χ1) is 8.56. The van der Waals surface area contributed by atoms with E-state index in [-0.39, 0.29) is 29.9 Å². The lowest BCUT2D eigenvalue weighted by Crippen LogP contribution is -2.65. The van der Waals surface area contributed by atoms with Gasteiger partial charge in [-0.05, 0) is 26.2 Å². The van der Waals surface area contributed by atoms with E-state index in [0.717, 1.165) is 32.1 Å². The Balaban J connectivity index is 2.93. The zero-order valence-corrected chi connectivity index (χ0v) is 12.0. The van der Waals surface area contributed by atoms with Crippen LogP contribution in [0.4, 0.5) is 0 Å². The number of piperazine rings is 1. The molecule has 2 amide bonds. The minimum Gasteiger partial charge on any atom is -0.343 e. The molecular formula is C14H26N2O2. The third-order valence-electron chi connectivity index (χ3n) is 3.71. The molecule has 0 bridgehead atoms. The fourth-order valence-corrected chi connectivity index (χ4v) is 2.54. The lowest BCUT2D eigenvalue weighted by atomic mass is 9.98. The van der Waals surface area contributed by atoms with Gasteiger partial charge in [-0.2, -0.15) is 0 Å². The van der Waals surface area contributed by atoms with Gasteiger partial charge in [-0.25, -0.2) is 0 Å². The molecule has 3 atom stereocenters. The van der Waals surface area contributed by atoms with E-state index in [2.05, 4.69) is 12.2 Å². The lowest BCUT2D eigenvalue weighted by Gasteiger charge is -2.42. The number of nitrogens with zero attached hydrogens (tertiary/aromatic N) is 1. The average molecular weight is 254 g/mol. The maximum absolute atomic E-state index is 12.5. The van der Waals surface area contributed by atoms with Gasteiger partial charge >= 0.3 is 0 Å². The third kappa shape index (κ3) is 3.03. The second-order valence-electron chi connectivity index (χ2n) is 5.16. The Bertz CT molecular complexity index is 304. The van der Waals surface area contributed by atoms with E-state index in [1.54, 1.807) is 0 Å². The highest BCUT2D eigenvalue weighted by Gasteiger charge is 2.41. The van der Waals surface area contributed by atoms with Crippen molar-refractivity contribution in [3.05, 3.63) is 0 Å². The Morgan fingerprint density at radius 2 is 1.78 bits per heavy atom. The highest BCUT2D eigenvalue weighted by molar-refractivity contribution is 5.97. The van der Waals surface area contributed by atoms with E-state index in [1.165, 1.54) is 0 Å². The van der Waals surface area contributed by atoms with Crippen LogP contribution in [0.2, 0.25) is 0 Å². The van der Waals surface area contributed by atoms with Gasteiger partial charge in [0.2, 0.25) is 11.8 Å². The molecule has 0 aromatic heterocycles. The van der Waals surface area contributed by atoms with Crippen molar-refractivity contribution >= 4 is 11.8 Å². The molecule has 104 valence electrons. The Kier molecular flexibility index (Phi) is 5.63. The summed E-state index contributed by atoms with van der Waals surface area (Å²) in [6, 6.07) is -0.449. The molecule has 0 saturated carbocycles. The van der Waals surface area contributed by atoms with Crippen molar-refractivity contribution in [3.8, 4) is 0 Å². The number of carbonyl (C=O) groups is 2. The number of hydrogen-bond acceptors (Lipinski definition) is 2. The average Bonchev–Trinajstić information content (AvgIpc) is 2.35. The summed E-state index contributed by atoms with van der Waals surface area (Å²) in [5.41, 5.74) is 0. The van der Waals surface area contributed by atoms with E-state index >= 15 is 0 Å². The Morgan fingerprint density at radius 1 is 1.17 bits per heavy atom. The van der Waals surface area contributed by atoms with E-state index in [4.69, 9.17) is 0 Å². The standard InChI is InChI=1S/C14H26N2O2/c1-5-8-11-14(18)16(10(4)7-3)12(9-6-2)13(17)15-11/h10-12H,5-9H2,1-4H3,(H,15,17). The zero-order valence-electron chi connectivity index (χ0n) is 12.0. The molecule has 0 aromatic carbocycles. The van der Waals surface area contributed by atoms with Crippen LogP contribution in [0.3, 0.4) is 0 Å². The van der Waals surface area contributed by atoms with E-state index in [0.29, 0.717) is 0 Å². The number of rotatable bonds is 6. The molecule has 1 aliphatic rings. The minimum absolute atomic E-state index is 0.0233. The summed E-state index contributed by atoms with van der Waals surface area (Å²) < 4.78 is 0. The first-order valence-corrected chi connectivity index (χ1v) is 7.19. The molecule has 1 rings (SSSR count). The first kappa shape index (κ1) is 15.0. The van der Waals surface area contributed by atoms with Gasteiger partial charge in [-0.1, -0.05) is 33.6 Å². The Hall–Kier alpha value is -1.06. The SMILES string of the molecule is CCCC1NC(=O)C(CCC)N(C(C)CC)C1=O. The van der Waals surface area contributed by atoms with Gasteiger partial charge in [-0.15, -0.1) is 0 Å². The second-order valence-corrected chi connectivity index (χ2v) is 5.16. The fraction of sp³-hybridized carbons (Fsp3) is 0.857.